The summed E-state index contributed by atoms with van der Waals surface area (Å²) in [5.41, 5.74) is 2.52. The average Bonchev–Trinajstić information content (AvgIpc) is 2.55. The zero-order valence-electron chi connectivity index (χ0n) is 12.8. The molecular formula is C18H19NO3. The first-order valence-corrected chi connectivity index (χ1v) is 7.05. The van der Waals surface area contributed by atoms with Crippen LogP contribution in [0.15, 0.2) is 54.6 Å². The summed E-state index contributed by atoms with van der Waals surface area (Å²) in [5.74, 6) is -0.339. The zero-order chi connectivity index (χ0) is 15.9. The van der Waals surface area contributed by atoms with Gasteiger partial charge in [0, 0.05) is 19.2 Å². The van der Waals surface area contributed by atoms with Crippen molar-refractivity contribution in [2.45, 2.75) is 13.0 Å². The predicted octanol–water partition coefficient (Wildman–Crippen LogP) is 2.67. The largest absolute Gasteiger partial charge is 0.469 e. The van der Waals surface area contributed by atoms with Gasteiger partial charge in [-0.1, -0.05) is 42.5 Å². The van der Waals surface area contributed by atoms with E-state index in [4.69, 9.17) is 0 Å². The molecule has 4 heteroatoms. The Kier molecular flexibility index (Phi) is 5.31. The number of amides is 1. The summed E-state index contributed by atoms with van der Waals surface area (Å²) < 4.78 is 4.62. The first kappa shape index (κ1) is 15.8. The van der Waals surface area contributed by atoms with Gasteiger partial charge in [-0.15, -0.1) is 0 Å². The lowest BCUT2D eigenvalue weighted by Gasteiger charge is -2.17. The lowest BCUT2D eigenvalue weighted by atomic mass is 10.1. The van der Waals surface area contributed by atoms with Crippen LogP contribution < -0.4 is 0 Å². The van der Waals surface area contributed by atoms with E-state index >= 15 is 0 Å². The summed E-state index contributed by atoms with van der Waals surface area (Å²) in [7, 11) is 3.14. The summed E-state index contributed by atoms with van der Waals surface area (Å²) in [6.07, 6.45) is 0.213. The molecule has 4 nitrogen and oxygen atoms in total. The van der Waals surface area contributed by atoms with Crippen LogP contribution in [0.1, 0.15) is 21.5 Å². The van der Waals surface area contributed by atoms with Gasteiger partial charge in [0.1, 0.15) is 0 Å². The van der Waals surface area contributed by atoms with E-state index in [2.05, 4.69) is 4.74 Å². The molecule has 0 aliphatic rings. The molecule has 0 fully saturated rings. The molecule has 0 saturated heterocycles. The fourth-order valence-corrected chi connectivity index (χ4v) is 2.15. The fraction of sp³-hybridized carbons (Fsp3) is 0.222. The molecule has 0 heterocycles. The van der Waals surface area contributed by atoms with Gasteiger partial charge in [-0.25, -0.2) is 0 Å². The van der Waals surface area contributed by atoms with E-state index in [-0.39, 0.29) is 18.3 Å². The van der Waals surface area contributed by atoms with Crippen molar-refractivity contribution in [1.29, 1.82) is 0 Å². The molecule has 0 aliphatic heterocycles. The van der Waals surface area contributed by atoms with Crippen LogP contribution >= 0.6 is 0 Å². The summed E-state index contributed by atoms with van der Waals surface area (Å²) in [6.45, 7) is 0.559. The molecule has 0 aliphatic carbocycles. The van der Waals surface area contributed by atoms with Crippen LogP contribution in [-0.2, 0) is 22.5 Å². The SMILES string of the molecule is COC(=O)Cc1ccc(C(=O)N(C)Cc2ccccc2)cc1. The summed E-state index contributed by atoms with van der Waals surface area (Å²) in [5, 5.41) is 0. The topological polar surface area (TPSA) is 46.6 Å². The highest BCUT2D eigenvalue weighted by Gasteiger charge is 2.12. The smallest absolute Gasteiger partial charge is 0.309 e. The number of methoxy groups -OCH3 is 1. The van der Waals surface area contributed by atoms with Crippen molar-refractivity contribution in [3.63, 3.8) is 0 Å². The first-order chi connectivity index (χ1) is 10.6. The number of benzene rings is 2. The van der Waals surface area contributed by atoms with Crippen molar-refractivity contribution in [2.24, 2.45) is 0 Å². The molecule has 22 heavy (non-hydrogen) atoms. The minimum absolute atomic E-state index is 0.0477. The molecule has 114 valence electrons. The van der Waals surface area contributed by atoms with Crippen LogP contribution in [0.4, 0.5) is 0 Å². The standard InChI is InChI=1S/C18H19NO3/c1-19(13-15-6-4-3-5-7-15)18(21)16-10-8-14(9-11-16)12-17(20)22-2/h3-11H,12-13H2,1-2H3. The Bertz CT molecular complexity index is 635. The maximum absolute atomic E-state index is 12.4. The molecule has 0 bridgehead atoms. The number of nitrogens with zero attached hydrogens (tertiary/aromatic N) is 1. The van der Waals surface area contributed by atoms with Crippen molar-refractivity contribution in [3.05, 3.63) is 71.3 Å². The number of carbonyl (C=O) groups excluding carboxylic acids is 2. The lowest BCUT2D eigenvalue weighted by Crippen LogP contribution is -2.26. The third-order valence-corrected chi connectivity index (χ3v) is 3.39. The minimum atomic E-state index is -0.291. The maximum Gasteiger partial charge on any atom is 0.309 e. The van der Waals surface area contributed by atoms with Crippen molar-refractivity contribution < 1.29 is 14.3 Å². The van der Waals surface area contributed by atoms with Gasteiger partial charge < -0.3 is 9.64 Å². The summed E-state index contributed by atoms with van der Waals surface area (Å²) >= 11 is 0. The highest BCUT2D eigenvalue weighted by atomic mass is 16.5. The number of rotatable bonds is 5. The summed E-state index contributed by atoms with van der Waals surface area (Å²) in [4.78, 5) is 25.3. The van der Waals surface area contributed by atoms with Crippen molar-refractivity contribution >= 4 is 11.9 Å². The van der Waals surface area contributed by atoms with Crippen LogP contribution in [-0.4, -0.2) is 30.9 Å². The Labute approximate surface area is 130 Å². The predicted molar refractivity (Wildman–Crippen MR) is 84.4 cm³/mol. The fourth-order valence-electron chi connectivity index (χ4n) is 2.15. The Morgan fingerprint density at radius 3 is 2.18 bits per heavy atom. The van der Waals surface area contributed by atoms with Gasteiger partial charge in [-0.05, 0) is 23.3 Å². The number of carbonyl (C=O) groups is 2. The molecule has 2 aromatic carbocycles. The molecule has 0 spiro atoms. The number of hydrogen-bond acceptors (Lipinski definition) is 3. The molecule has 0 aromatic heterocycles. The van der Waals surface area contributed by atoms with E-state index < -0.39 is 0 Å². The van der Waals surface area contributed by atoms with Crippen molar-refractivity contribution in [1.82, 2.24) is 4.90 Å². The maximum atomic E-state index is 12.4. The van der Waals surface area contributed by atoms with Crippen LogP contribution in [0.25, 0.3) is 0 Å². The van der Waals surface area contributed by atoms with Gasteiger partial charge in [-0.3, -0.25) is 9.59 Å². The van der Waals surface area contributed by atoms with E-state index in [0.29, 0.717) is 12.1 Å². The van der Waals surface area contributed by atoms with Crippen LogP contribution in [0, 0.1) is 0 Å². The van der Waals surface area contributed by atoms with Gasteiger partial charge in [0.2, 0.25) is 0 Å². The minimum Gasteiger partial charge on any atom is -0.469 e. The van der Waals surface area contributed by atoms with Gasteiger partial charge in [-0.2, -0.15) is 0 Å². The van der Waals surface area contributed by atoms with Gasteiger partial charge in [0.25, 0.3) is 5.91 Å². The molecule has 0 N–H and O–H groups in total. The highest BCUT2D eigenvalue weighted by Crippen LogP contribution is 2.10. The Hall–Kier alpha value is -2.62. The molecule has 2 rings (SSSR count). The second-order valence-electron chi connectivity index (χ2n) is 5.10. The number of ether oxygens (including phenoxy) is 1. The molecule has 2 aromatic rings. The van der Waals surface area contributed by atoms with Gasteiger partial charge in [0.15, 0.2) is 0 Å². The molecule has 0 saturated carbocycles. The number of hydrogen-bond donors (Lipinski definition) is 0. The quantitative estimate of drug-likeness (QED) is 0.797. The van der Waals surface area contributed by atoms with Crippen LogP contribution in [0.5, 0.6) is 0 Å². The number of esters is 1. The molecule has 0 radical (unpaired) electrons. The Morgan fingerprint density at radius 2 is 1.59 bits per heavy atom. The van der Waals surface area contributed by atoms with E-state index in [1.54, 1.807) is 36.2 Å². The van der Waals surface area contributed by atoms with Gasteiger partial charge in [0.05, 0.1) is 13.5 Å². The first-order valence-electron chi connectivity index (χ1n) is 7.05. The molecule has 0 unspecified atom stereocenters. The lowest BCUT2D eigenvalue weighted by molar-refractivity contribution is -0.139. The molecular weight excluding hydrogens is 278 g/mol. The van der Waals surface area contributed by atoms with Crippen LogP contribution in [0.3, 0.4) is 0 Å². The zero-order valence-corrected chi connectivity index (χ0v) is 12.8. The third kappa shape index (κ3) is 4.19. The highest BCUT2D eigenvalue weighted by molar-refractivity contribution is 5.94. The second-order valence-corrected chi connectivity index (χ2v) is 5.10. The Balaban J connectivity index is 2.01. The summed E-state index contributed by atoms with van der Waals surface area (Å²) in [6, 6.07) is 16.9. The van der Waals surface area contributed by atoms with E-state index in [1.807, 2.05) is 30.3 Å². The van der Waals surface area contributed by atoms with E-state index in [9.17, 15) is 9.59 Å². The van der Waals surface area contributed by atoms with E-state index in [0.717, 1.165) is 11.1 Å². The van der Waals surface area contributed by atoms with Crippen molar-refractivity contribution in [3.8, 4) is 0 Å². The second kappa shape index (κ2) is 7.41. The normalized spacial score (nSPS) is 10.1. The van der Waals surface area contributed by atoms with Crippen LogP contribution in [0.2, 0.25) is 0 Å². The Morgan fingerprint density at radius 1 is 0.955 bits per heavy atom. The molecule has 0 atom stereocenters. The van der Waals surface area contributed by atoms with Crippen molar-refractivity contribution in [2.75, 3.05) is 14.2 Å². The van der Waals surface area contributed by atoms with E-state index in [1.165, 1.54) is 7.11 Å². The van der Waals surface area contributed by atoms with Gasteiger partial charge >= 0.3 is 5.97 Å². The monoisotopic (exact) mass is 297 g/mol. The average molecular weight is 297 g/mol. The third-order valence-electron chi connectivity index (χ3n) is 3.39. The molecule has 1 amide bonds.